The van der Waals surface area contributed by atoms with Crippen LogP contribution in [0.1, 0.15) is 19.0 Å². The summed E-state index contributed by atoms with van der Waals surface area (Å²) in [5, 5.41) is 12.7. The number of anilines is 1. The van der Waals surface area contributed by atoms with Crippen molar-refractivity contribution in [1.82, 2.24) is 4.98 Å². The van der Waals surface area contributed by atoms with E-state index in [2.05, 4.69) is 26.2 Å². The molecular weight excluding hydrogens is 339 g/mol. The van der Waals surface area contributed by atoms with Gasteiger partial charge in [-0.3, -0.25) is 4.98 Å². The lowest BCUT2D eigenvalue weighted by Gasteiger charge is -2.30. The summed E-state index contributed by atoms with van der Waals surface area (Å²) in [6, 6.07) is 9.74. The van der Waals surface area contributed by atoms with Crippen LogP contribution in [0.25, 0.3) is 0 Å². The van der Waals surface area contributed by atoms with Gasteiger partial charge in [0.25, 0.3) is 0 Å². The number of carbonyl (C=O) groups is 1. The summed E-state index contributed by atoms with van der Waals surface area (Å²) in [7, 11) is 0. The lowest BCUT2D eigenvalue weighted by molar-refractivity contribution is -0.143. The molecule has 2 aromatic rings. The zero-order valence-corrected chi connectivity index (χ0v) is 12.9. The summed E-state index contributed by atoms with van der Waals surface area (Å²) < 4.78 is 13.9. The molecule has 0 saturated heterocycles. The minimum Gasteiger partial charge on any atom is -0.479 e. The molecule has 0 fully saturated rings. The maximum atomic E-state index is 13.0. The van der Waals surface area contributed by atoms with Gasteiger partial charge >= 0.3 is 5.97 Å². The van der Waals surface area contributed by atoms with E-state index in [4.69, 9.17) is 0 Å². The minimum atomic E-state index is -1.40. The van der Waals surface area contributed by atoms with E-state index >= 15 is 0 Å². The average Bonchev–Trinajstić information content (AvgIpc) is 2.47. The molecule has 2 rings (SSSR count). The van der Waals surface area contributed by atoms with Crippen molar-refractivity contribution in [2.75, 3.05) is 5.32 Å². The Morgan fingerprint density at radius 2 is 2.00 bits per heavy atom. The molecule has 0 saturated carbocycles. The first-order valence-corrected chi connectivity index (χ1v) is 7.16. The van der Waals surface area contributed by atoms with Gasteiger partial charge in [0, 0.05) is 10.2 Å². The molecule has 0 aliphatic heterocycles. The van der Waals surface area contributed by atoms with Gasteiger partial charge in [-0.1, -0.05) is 22.9 Å². The fourth-order valence-corrected chi connectivity index (χ4v) is 2.32. The second-order valence-electron chi connectivity index (χ2n) is 4.56. The molecule has 1 unspecified atom stereocenters. The third kappa shape index (κ3) is 3.21. The van der Waals surface area contributed by atoms with E-state index in [9.17, 15) is 14.3 Å². The highest BCUT2D eigenvalue weighted by molar-refractivity contribution is 9.10. The normalized spacial score (nSPS) is 13.5. The molecule has 1 aromatic heterocycles. The second-order valence-corrected chi connectivity index (χ2v) is 5.47. The topological polar surface area (TPSA) is 62.2 Å². The Balaban J connectivity index is 2.44. The summed E-state index contributed by atoms with van der Waals surface area (Å²) in [5.74, 6) is -1.56. The number of hydrogen-bond acceptors (Lipinski definition) is 3. The lowest BCUT2D eigenvalue weighted by atomic mass is 9.91. The number of nitrogens with zero attached hydrogens (tertiary/aromatic N) is 1. The van der Waals surface area contributed by atoms with Crippen LogP contribution < -0.4 is 5.32 Å². The maximum Gasteiger partial charge on any atom is 0.335 e. The van der Waals surface area contributed by atoms with Gasteiger partial charge < -0.3 is 10.4 Å². The molecule has 0 spiro atoms. The van der Waals surface area contributed by atoms with E-state index in [0.717, 1.165) is 10.7 Å². The van der Waals surface area contributed by atoms with Crippen molar-refractivity contribution in [3.05, 3.63) is 58.6 Å². The van der Waals surface area contributed by atoms with Crippen LogP contribution in [0.5, 0.6) is 0 Å². The Hall–Kier alpha value is -1.95. The van der Waals surface area contributed by atoms with Crippen molar-refractivity contribution < 1.29 is 14.3 Å². The van der Waals surface area contributed by atoms with Crippen molar-refractivity contribution in [3.63, 3.8) is 0 Å². The van der Waals surface area contributed by atoms with Crippen LogP contribution in [-0.2, 0) is 10.3 Å². The highest BCUT2D eigenvalue weighted by Crippen LogP contribution is 2.29. The molecule has 1 heterocycles. The van der Waals surface area contributed by atoms with E-state index in [0.29, 0.717) is 5.69 Å². The van der Waals surface area contributed by atoms with Gasteiger partial charge in [0.2, 0.25) is 0 Å². The quantitative estimate of drug-likeness (QED) is 0.859. The molecule has 4 nitrogen and oxygen atoms in total. The van der Waals surface area contributed by atoms with Gasteiger partial charge in [-0.25, -0.2) is 9.18 Å². The second kappa shape index (κ2) is 6.22. The van der Waals surface area contributed by atoms with E-state index in [1.165, 1.54) is 12.1 Å². The molecule has 0 amide bonds. The molecule has 0 aliphatic carbocycles. The fraction of sp³-hybridized carbons (Fsp3) is 0.200. The van der Waals surface area contributed by atoms with Gasteiger partial charge in [-0.05, 0) is 42.8 Å². The first-order chi connectivity index (χ1) is 9.98. The minimum absolute atomic E-state index is 0.261. The smallest absolute Gasteiger partial charge is 0.335 e. The largest absolute Gasteiger partial charge is 0.479 e. The summed E-state index contributed by atoms with van der Waals surface area (Å²) in [5.41, 5.74) is -0.489. The number of hydrogen-bond donors (Lipinski definition) is 2. The third-order valence-electron chi connectivity index (χ3n) is 3.26. The zero-order chi connectivity index (χ0) is 15.5. The number of nitrogens with one attached hydrogen (secondary N) is 1. The molecular formula is C15H14BrFN2O2. The Morgan fingerprint density at radius 1 is 1.33 bits per heavy atom. The summed E-state index contributed by atoms with van der Waals surface area (Å²) in [6.45, 7) is 1.74. The fourth-order valence-electron chi connectivity index (χ4n) is 2.06. The van der Waals surface area contributed by atoms with E-state index in [-0.39, 0.29) is 12.1 Å². The van der Waals surface area contributed by atoms with Gasteiger partial charge in [-0.2, -0.15) is 0 Å². The highest BCUT2D eigenvalue weighted by atomic mass is 79.9. The van der Waals surface area contributed by atoms with Crippen molar-refractivity contribution in [2.24, 2.45) is 0 Å². The molecule has 0 aliphatic rings. The van der Waals surface area contributed by atoms with Crippen molar-refractivity contribution in [3.8, 4) is 0 Å². The van der Waals surface area contributed by atoms with E-state index < -0.39 is 17.3 Å². The summed E-state index contributed by atoms with van der Waals surface area (Å²) in [6.07, 6.45) is 1.28. The monoisotopic (exact) mass is 352 g/mol. The Morgan fingerprint density at radius 3 is 2.48 bits per heavy atom. The third-order valence-corrected chi connectivity index (χ3v) is 3.79. The van der Waals surface area contributed by atoms with E-state index in [1.54, 1.807) is 19.1 Å². The number of carboxylic acids is 1. The van der Waals surface area contributed by atoms with Crippen LogP contribution in [0.15, 0.2) is 47.1 Å². The predicted molar refractivity (Wildman–Crippen MR) is 81.6 cm³/mol. The number of carboxylic acid groups (broad SMARTS) is 1. The predicted octanol–water partition coefficient (Wildman–Crippen LogP) is 3.79. The molecule has 1 atom stereocenters. The van der Waals surface area contributed by atoms with Crippen LogP contribution in [0.4, 0.5) is 10.1 Å². The lowest BCUT2D eigenvalue weighted by Crippen LogP contribution is -2.43. The first-order valence-electron chi connectivity index (χ1n) is 6.37. The van der Waals surface area contributed by atoms with Crippen molar-refractivity contribution in [2.45, 2.75) is 18.9 Å². The number of halogens is 2. The molecule has 0 radical (unpaired) electrons. The van der Waals surface area contributed by atoms with Crippen LogP contribution in [0.3, 0.4) is 0 Å². The molecule has 1 aromatic carbocycles. The highest BCUT2D eigenvalue weighted by Gasteiger charge is 2.40. The number of aliphatic carboxylic acids is 1. The molecule has 21 heavy (non-hydrogen) atoms. The Bertz CT molecular complexity index is 631. The molecule has 6 heteroatoms. The SMILES string of the molecule is CCC(Nc1ccc(Br)cc1)(C(=O)O)c1ccc(F)cn1. The van der Waals surface area contributed by atoms with E-state index in [1.807, 2.05) is 12.1 Å². The van der Waals surface area contributed by atoms with Gasteiger partial charge in [-0.15, -0.1) is 0 Å². The Kier molecular flexibility index (Phi) is 4.57. The van der Waals surface area contributed by atoms with Crippen LogP contribution >= 0.6 is 15.9 Å². The average molecular weight is 353 g/mol. The maximum absolute atomic E-state index is 13.0. The first kappa shape index (κ1) is 15.4. The standard InChI is InChI=1S/C15H14BrFN2O2/c1-2-15(14(20)21,13-8-5-11(17)9-18-13)19-12-6-3-10(16)4-7-12/h3-9,19H,2H2,1H3,(H,20,21). The number of pyridine rings is 1. The zero-order valence-electron chi connectivity index (χ0n) is 11.3. The molecule has 2 N–H and O–H groups in total. The van der Waals surface area contributed by atoms with Crippen molar-refractivity contribution >= 4 is 27.6 Å². The van der Waals surface area contributed by atoms with Gasteiger partial charge in [0.1, 0.15) is 5.82 Å². The van der Waals surface area contributed by atoms with Crippen LogP contribution in [-0.4, -0.2) is 16.1 Å². The summed E-state index contributed by atoms with van der Waals surface area (Å²) >= 11 is 3.33. The van der Waals surface area contributed by atoms with Crippen LogP contribution in [0, 0.1) is 5.82 Å². The van der Waals surface area contributed by atoms with Gasteiger partial charge in [0.15, 0.2) is 5.54 Å². The number of benzene rings is 1. The van der Waals surface area contributed by atoms with Gasteiger partial charge in [0.05, 0.1) is 11.9 Å². The number of rotatable bonds is 5. The Labute approximate surface area is 130 Å². The summed E-state index contributed by atoms with van der Waals surface area (Å²) in [4.78, 5) is 15.7. The molecule has 110 valence electrons. The number of aromatic nitrogens is 1. The molecule has 0 bridgehead atoms. The van der Waals surface area contributed by atoms with Crippen LogP contribution in [0.2, 0.25) is 0 Å². The van der Waals surface area contributed by atoms with Crippen molar-refractivity contribution in [1.29, 1.82) is 0 Å².